The number of amides is 5. The monoisotopic (exact) mass is 702 g/mol. The van der Waals surface area contributed by atoms with Crippen molar-refractivity contribution in [2.75, 3.05) is 11.9 Å². The van der Waals surface area contributed by atoms with Crippen molar-refractivity contribution in [1.29, 1.82) is 0 Å². The lowest BCUT2D eigenvalue weighted by molar-refractivity contribution is -0.138. The summed E-state index contributed by atoms with van der Waals surface area (Å²) in [7, 11) is 0. The Labute approximate surface area is 295 Å². The second kappa shape index (κ2) is 15.7. The number of hydrogen-bond donors (Lipinski definition) is 5. The van der Waals surface area contributed by atoms with Gasteiger partial charge in [0.2, 0.25) is 23.5 Å². The van der Waals surface area contributed by atoms with E-state index in [1.165, 1.54) is 42.1 Å². The van der Waals surface area contributed by atoms with Gasteiger partial charge in [-0.15, -0.1) is 0 Å². The van der Waals surface area contributed by atoms with Crippen LogP contribution in [-0.2, 0) is 30.5 Å². The SMILES string of the molecule is CCNC(=O)C(=O)CCC(NC(=O)c1ccc2occc2c1)C(=O)Nc1cccn(CC(=O)NC2C(C)CC3CC2CC(C)(NC(C)=O)C3)c1=O. The van der Waals surface area contributed by atoms with Crippen LogP contribution in [-0.4, -0.2) is 64.1 Å². The summed E-state index contributed by atoms with van der Waals surface area (Å²) in [4.78, 5) is 89.9. The summed E-state index contributed by atoms with van der Waals surface area (Å²) >= 11 is 0. The van der Waals surface area contributed by atoms with Crippen LogP contribution in [0.25, 0.3) is 11.0 Å². The number of Topliss-reactive ketones (excluding diaryl/α,β-unsaturated/α-hetero) is 1. The highest BCUT2D eigenvalue weighted by Crippen LogP contribution is 2.46. The van der Waals surface area contributed by atoms with Crippen LogP contribution >= 0.6 is 0 Å². The minimum absolute atomic E-state index is 0.0775. The molecule has 0 spiro atoms. The molecule has 3 aromatic rings. The predicted molar refractivity (Wildman–Crippen MR) is 188 cm³/mol. The highest BCUT2D eigenvalue weighted by molar-refractivity contribution is 6.36. The van der Waals surface area contributed by atoms with Crippen molar-refractivity contribution >= 4 is 52.0 Å². The number of ketones is 1. The number of fused-ring (bicyclic) bond motifs is 3. The predicted octanol–water partition coefficient (Wildman–Crippen LogP) is 2.65. The Hall–Kier alpha value is -5.27. The van der Waals surface area contributed by atoms with Gasteiger partial charge in [-0.3, -0.25) is 33.6 Å². The van der Waals surface area contributed by atoms with Gasteiger partial charge < -0.3 is 35.6 Å². The van der Waals surface area contributed by atoms with Gasteiger partial charge in [0.15, 0.2) is 0 Å². The number of rotatable bonds is 13. The second-order valence-corrected chi connectivity index (χ2v) is 14.2. The lowest BCUT2D eigenvalue weighted by Crippen LogP contribution is -2.58. The standard InChI is InChI=1S/C37H46N6O8/c1-5-38-35(49)29(45)10-9-27(39-33(47)25-8-11-30-24(17-25)12-14-51-30)34(48)40-28-7-6-13-43(36(28)50)20-31(46)41-32-21(2)15-23-16-26(32)19-37(4,18-23)42-22(3)44/h6-8,11-14,17,21,23,26-27,32H,5,9-10,15-16,18-20H2,1-4H3,(H,38,49)(H,39,47)(H,40,48)(H,41,46)(H,42,44). The van der Waals surface area contributed by atoms with Crippen LogP contribution in [0.1, 0.15) is 76.6 Å². The summed E-state index contributed by atoms with van der Waals surface area (Å²) in [6.07, 6.45) is 5.89. The highest BCUT2D eigenvalue weighted by Gasteiger charge is 2.46. The maximum absolute atomic E-state index is 13.6. The number of furan rings is 1. The Kier molecular flexibility index (Phi) is 11.4. The van der Waals surface area contributed by atoms with E-state index in [4.69, 9.17) is 4.42 Å². The van der Waals surface area contributed by atoms with Crippen molar-refractivity contribution in [3.63, 3.8) is 0 Å². The van der Waals surface area contributed by atoms with E-state index >= 15 is 0 Å². The first-order valence-electron chi connectivity index (χ1n) is 17.4. The molecule has 272 valence electrons. The van der Waals surface area contributed by atoms with E-state index in [1.54, 1.807) is 25.1 Å². The number of carbonyl (C=O) groups excluding carboxylic acids is 6. The molecule has 2 saturated carbocycles. The van der Waals surface area contributed by atoms with Crippen molar-refractivity contribution in [3.8, 4) is 0 Å². The van der Waals surface area contributed by atoms with E-state index < -0.39 is 35.1 Å². The molecule has 0 saturated heterocycles. The van der Waals surface area contributed by atoms with E-state index in [2.05, 4.69) is 40.4 Å². The molecule has 14 heteroatoms. The number of likely N-dealkylation sites (N-methyl/N-ethyl adjacent to an activating group) is 1. The van der Waals surface area contributed by atoms with Gasteiger partial charge in [-0.1, -0.05) is 6.92 Å². The average molecular weight is 703 g/mol. The maximum Gasteiger partial charge on any atom is 0.287 e. The molecule has 2 heterocycles. The molecule has 5 rings (SSSR count). The van der Waals surface area contributed by atoms with E-state index in [9.17, 15) is 33.6 Å². The van der Waals surface area contributed by atoms with Crippen molar-refractivity contribution < 1.29 is 33.2 Å². The lowest BCUT2D eigenvalue weighted by atomic mass is 9.60. The number of pyridine rings is 1. The minimum atomic E-state index is -1.29. The van der Waals surface area contributed by atoms with Crippen molar-refractivity contribution in [2.24, 2.45) is 17.8 Å². The zero-order valence-corrected chi connectivity index (χ0v) is 29.4. The molecule has 51 heavy (non-hydrogen) atoms. The van der Waals surface area contributed by atoms with E-state index in [1.807, 2.05) is 0 Å². The van der Waals surface area contributed by atoms with Gasteiger partial charge in [0.25, 0.3) is 17.4 Å². The fourth-order valence-electron chi connectivity index (χ4n) is 7.90. The summed E-state index contributed by atoms with van der Waals surface area (Å²) in [5, 5.41) is 14.5. The lowest BCUT2D eigenvalue weighted by Gasteiger charge is -2.51. The molecule has 2 aliphatic carbocycles. The number of benzene rings is 1. The first-order chi connectivity index (χ1) is 24.2. The topological polar surface area (TPSA) is 198 Å². The van der Waals surface area contributed by atoms with Gasteiger partial charge in [-0.05, 0) is 100 Å². The molecular weight excluding hydrogens is 656 g/mol. The van der Waals surface area contributed by atoms with E-state index in [0.717, 1.165) is 25.7 Å². The Balaban J connectivity index is 1.27. The number of nitrogens with zero attached hydrogens (tertiary/aromatic N) is 1. The molecule has 5 N–H and O–H groups in total. The third-order valence-corrected chi connectivity index (χ3v) is 9.90. The van der Waals surface area contributed by atoms with Gasteiger partial charge in [0.1, 0.15) is 23.9 Å². The quantitative estimate of drug-likeness (QED) is 0.168. The summed E-state index contributed by atoms with van der Waals surface area (Å²) in [6.45, 7) is 7.31. The van der Waals surface area contributed by atoms with Crippen LogP contribution in [0.3, 0.4) is 0 Å². The fourth-order valence-corrected chi connectivity index (χ4v) is 7.90. The maximum atomic E-state index is 13.6. The van der Waals surface area contributed by atoms with Gasteiger partial charge >= 0.3 is 0 Å². The van der Waals surface area contributed by atoms with Gasteiger partial charge in [-0.2, -0.15) is 0 Å². The molecular formula is C37H46N6O8. The third-order valence-electron chi connectivity index (χ3n) is 9.90. The number of carbonyl (C=O) groups is 6. The molecule has 2 aliphatic rings. The molecule has 2 fully saturated rings. The summed E-state index contributed by atoms with van der Waals surface area (Å²) in [5.74, 6) is -2.53. The van der Waals surface area contributed by atoms with Gasteiger partial charge in [-0.25, -0.2) is 0 Å². The molecule has 0 radical (unpaired) electrons. The molecule has 2 bridgehead atoms. The minimum Gasteiger partial charge on any atom is -0.464 e. The summed E-state index contributed by atoms with van der Waals surface area (Å²) < 4.78 is 6.52. The first kappa shape index (κ1) is 37.0. The van der Waals surface area contributed by atoms with Crippen molar-refractivity contribution in [3.05, 3.63) is 64.8 Å². The molecule has 1 aromatic carbocycles. The van der Waals surface area contributed by atoms with Crippen LogP contribution in [0.5, 0.6) is 0 Å². The Morgan fingerprint density at radius 3 is 2.59 bits per heavy atom. The van der Waals surface area contributed by atoms with Gasteiger partial charge in [0, 0.05) is 48.6 Å². The van der Waals surface area contributed by atoms with Gasteiger partial charge in [0.05, 0.1) is 6.26 Å². The van der Waals surface area contributed by atoms with Crippen LogP contribution < -0.4 is 32.1 Å². The summed E-state index contributed by atoms with van der Waals surface area (Å²) in [5.41, 5.74) is -0.297. The molecule has 0 aliphatic heterocycles. The number of anilines is 1. The molecule has 6 unspecified atom stereocenters. The smallest absolute Gasteiger partial charge is 0.287 e. The van der Waals surface area contributed by atoms with E-state index in [0.29, 0.717) is 16.9 Å². The van der Waals surface area contributed by atoms with Crippen LogP contribution in [0.15, 0.2) is 58.1 Å². The largest absolute Gasteiger partial charge is 0.464 e. The second-order valence-electron chi connectivity index (χ2n) is 14.2. The Morgan fingerprint density at radius 2 is 1.84 bits per heavy atom. The van der Waals surface area contributed by atoms with E-state index in [-0.39, 0.29) is 72.4 Å². The fraction of sp³-hybridized carbons (Fsp3) is 0.486. The van der Waals surface area contributed by atoms with Crippen molar-refractivity contribution in [1.82, 2.24) is 25.8 Å². The Bertz CT molecular complexity index is 1880. The highest BCUT2D eigenvalue weighted by atomic mass is 16.3. The third kappa shape index (κ3) is 9.10. The summed E-state index contributed by atoms with van der Waals surface area (Å²) in [6, 6.07) is 7.91. The molecule has 2 aromatic heterocycles. The Morgan fingerprint density at radius 1 is 1.06 bits per heavy atom. The van der Waals surface area contributed by atoms with Crippen LogP contribution in [0.2, 0.25) is 0 Å². The zero-order valence-electron chi connectivity index (χ0n) is 29.4. The van der Waals surface area contributed by atoms with Crippen LogP contribution in [0, 0.1) is 17.8 Å². The molecule has 6 atom stereocenters. The zero-order chi connectivity index (χ0) is 36.9. The van der Waals surface area contributed by atoms with Crippen LogP contribution in [0.4, 0.5) is 5.69 Å². The average Bonchev–Trinajstić information content (AvgIpc) is 3.54. The first-order valence-corrected chi connectivity index (χ1v) is 17.4. The van der Waals surface area contributed by atoms with Crippen molar-refractivity contribution in [2.45, 2.75) is 90.4 Å². The molecule has 5 amide bonds. The molecule has 14 nitrogen and oxygen atoms in total. The number of aromatic nitrogens is 1. The number of hydrogen-bond acceptors (Lipinski definition) is 8. The normalized spacial score (nSPS) is 23.1. The number of nitrogens with one attached hydrogen (secondary N) is 5.